The highest BCUT2D eigenvalue weighted by molar-refractivity contribution is 9.11. The van der Waals surface area contributed by atoms with Crippen molar-refractivity contribution in [3.63, 3.8) is 0 Å². The minimum atomic E-state index is 0.315. The second-order valence-electron chi connectivity index (χ2n) is 4.24. The third-order valence-electron chi connectivity index (χ3n) is 3.12. The summed E-state index contributed by atoms with van der Waals surface area (Å²) in [7, 11) is 0. The molecule has 1 aliphatic rings. The summed E-state index contributed by atoms with van der Waals surface area (Å²) in [4.78, 5) is 12.0. The number of carbonyl (C=O) groups is 1. The van der Waals surface area contributed by atoms with Gasteiger partial charge < -0.3 is 0 Å². The van der Waals surface area contributed by atoms with Crippen molar-refractivity contribution in [1.82, 2.24) is 0 Å². The van der Waals surface area contributed by atoms with Crippen molar-refractivity contribution in [2.24, 2.45) is 5.92 Å². The molecule has 0 atom stereocenters. The Labute approximate surface area is 103 Å². The van der Waals surface area contributed by atoms with E-state index < -0.39 is 0 Å². The lowest BCUT2D eigenvalue weighted by atomic mass is 9.85. The van der Waals surface area contributed by atoms with E-state index in [-0.39, 0.29) is 0 Å². The normalized spacial score (nSPS) is 17.9. The standard InChI is InChI=1S/C12H15BrOS/c13-12-10(6-7-15-12)11(14)8-9-4-2-1-3-5-9/h6-7,9H,1-5,8H2. The van der Waals surface area contributed by atoms with Gasteiger partial charge in [0.2, 0.25) is 0 Å². The number of halogens is 1. The maximum absolute atomic E-state index is 12.0. The molecular formula is C12H15BrOS. The number of hydrogen-bond acceptors (Lipinski definition) is 2. The van der Waals surface area contributed by atoms with Crippen molar-refractivity contribution in [2.45, 2.75) is 38.5 Å². The van der Waals surface area contributed by atoms with Gasteiger partial charge in [-0.1, -0.05) is 32.1 Å². The molecule has 0 aliphatic heterocycles. The van der Waals surface area contributed by atoms with Gasteiger partial charge in [-0.25, -0.2) is 0 Å². The monoisotopic (exact) mass is 286 g/mol. The quantitative estimate of drug-likeness (QED) is 0.739. The highest BCUT2D eigenvalue weighted by Gasteiger charge is 2.19. The molecule has 0 radical (unpaired) electrons. The van der Waals surface area contributed by atoms with Gasteiger partial charge in [0, 0.05) is 12.0 Å². The molecule has 1 nitrogen and oxygen atoms in total. The minimum Gasteiger partial charge on any atom is -0.294 e. The molecule has 1 fully saturated rings. The van der Waals surface area contributed by atoms with Crippen LogP contribution in [0.2, 0.25) is 0 Å². The second-order valence-corrected chi connectivity index (χ2v) is 6.47. The second kappa shape index (κ2) is 5.26. The van der Waals surface area contributed by atoms with E-state index in [2.05, 4.69) is 15.9 Å². The molecule has 0 unspecified atom stereocenters. The van der Waals surface area contributed by atoms with E-state index in [1.807, 2.05) is 11.4 Å². The SMILES string of the molecule is O=C(CC1CCCCC1)c1ccsc1Br. The third kappa shape index (κ3) is 2.91. The predicted molar refractivity (Wildman–Crippen MR) is 67.5 cm³/mol. The fourth-order valence-electron chi connectivity index (χ4n) is 2.26. The molecule has 0 amide bonds. The van der Waals surface area contributed by atoms with Crippen LogP contribution in [0.3, 0.4) is 0 Å². The first kappa shape index (κ1) is 11.3. The Morgan fingerprint density at radius 3 is 2.73 bits per heavy atom. The molecule has 1 saturated carbocycles. The van der Waals surface area contributed by atoms with E-state index in [4.69, 9.17) is 0 Å². The molecule has 0 saturated heterocycles. The van der Waals surface area contributed by atoms with E-state index in [0.29, 0.717) is 11.7 Å². The van der Waals surface area contributed by atoms with Crippen LogP contribution in [0, 0.1) is 5.92 Å². The lowest BCUT2D eigenvalue weighted by Gasteiger charge is -2.20. The summed E-state index contributed by atoms with van der Waals surface area (Å²) in [6.07, 6.45) is 7.20. The van der Waals surface area contributed by atoms with Crippen LogP contribution >= 0.6 is 27.3 Å². The van der Waals surface area contributed by atoms with Crippen LogP contribution in [-0.4, -0.2) is 5.78 Å². The van der Waals surface area contributed by atoms with Crippen LogP contribution in [-0.2, 0) is 0 Å². The highest BCUT2D eigenvalue weighted by Crippen LogP contribution is 2.30. The van der Waals surface area contributed by atoms with Crippen molar-refractivity contribution >= 4 is 33.0 Å². The van der Waals surface area contributed by atoms with Gasteiger partial charge in [-0.15, -0.1) is 11.3 Å². The summed E-state index contributed by atoms with van der Waals surface area (Å²) in [5, 5.41) is 1.97. The molecule has 1 aliphatic carbocycles. The molecule has 0 N–H and O–H groups in total. The van der Waals surface area contributed by atoms with Gasteiger partial charge in [-0.3, -0.25) is 4.79 Å². The van der Waals surface area contributed by atoms with Gasteiger partial charge >= 0.3 is 0 Å². The van der Waals surface area contributed by atoms with Gasteiger partial charge in [0.15, 0.2) is 5.78 Å². The van der Waals surface area contributed by atoms with E-state index in [9.17, 15) is 4.79 Å². The van der Waals surface area contributed by atoms with Gasteiger partial charge in [-0.2, -0.15) is 0 Å². The first-order valence-electron chi connectivity index (χ1n) is 5.53. The van der Waals surface area contributed by atoms with Crippen LogP contribution in [0.5, 0.6) is 0 Å². The molecule has 1 heterocycles. The largest absolute Gasteiger partial charge is 0.294 e. The smallest absolute Gasteiger partial charge is 0.165 e. The number of rotatable bonds is 3. The number of hydrogen-bond donors (Lipinski definition) is 0. The molecule has 82 valence electrons. The number of ketones is 1. The summed E-state index contributed by atoms with van der Waals surface area (Å²) < 4.78 is 0.989. The summed E-state index contributed by atoms with van der Waals surface area (Å²) in [6.45, 7) is 0. The average Bonchev–Trinajstić information content (AvgIpc) is 2.66. The van der Waals surface area contributed by atoms with Gasteiger partial charge in [0.1, 0.15) is 0 Å². The van der Waals surface area contributed by atoms with E-state index >= 15 is 0 Å². The summed E-state index contributed by atoms with van der Waals surface area (Å²) >= 11 is 5.02. The van der Waals surface area contributed by atoms with Crippen molar-refractivity contribution in [1.29, 1.82) is 0 Å². The Morgan fingerprint density at radius 1 is 1.40 bits per heavy atom. The first-order valence-corrected chi connectivity index (χ1v) is 7.21. The molecule has 0 aromatic carbocycles. The molecule has 1 aromatic heterocycles. The molecule has 0 spiro atoms. The van der Waals surface area contributed by atoms with Crippen molar-refractivity contribution in [2.75, 3.05) is 0 Å². The van der Waals surface area contributed by atoms with E-state index in [0.717, 1.165) is 15.8 Å². The fraction of sp³-hybridized carbons (Fsp3) is 0.583. The van der Waals surface area contributed by atoms with Crippen molar-refractivity contribution in [3.8, 4) is 0 Å². The van der Waals surface area contributed by atoms with Crippen LogP contribution < -0.4 is 0 Å². The van der Waals surface area contributed by atoms with E-state index in [1.54, 1.807) is 11.3 Å². The van der Waals surface area contributed by atoms with E-state index in [1.165, 1.54) is 32.1 Å². The summed E-state index contributed by atoms with van der Waals surface area (Å²) in [6, 6.07) is 1.93. The number of carbonyl (C=O) groups excluding carboxylic acids is 1. The van der Waals surface area contributed by atoms with Crippen LogP contribution in [0.1, 0.15) is 48.9 Å². The predicted octanol–water partition coefficient (Wildman–Crippen LogP) is 4.66. The molecule has 2 rings (SSSR count). The maximum Gasteiger partial charge on any atom is 0.165 e. The first-order chi connectivity index (χ1) is 7.27. The molecule has 3 heteroatoms. The van der Waals surface area contributed by atoms with Gasteiger partial charge in [0.25, 0.3) is 0 Å². The number of Topliss-reactive ketones (excluding diaryl/α,β-unsaturated/α-hetero) is 1. The number of thiophene rings is 1. The van der Waals surface area contributed by atoms with Crippen LogP contribution in [0.4, 0.5) is 0 Å². The zero-order chi connectivity index (χ0) is 10.7. The molecule has 15 heavy (non-hydrogen) atoms. The lowest BCUT2D eigenvalue weighted by Crippen LogP contribution is -2.12. The van der Waals surface area contributed by atoms with Gasteiger partial charge in [-0.05, 0) is 33.3 Å². The Hall–Kier alpha value is -0.150. The summed E-state index contributed by atoms with van der Waals surface area (Å²) in [5.74, 6) is 0.952. The molecule has 0 bridgehead atoms. The topological polar surface area (TPSA) is 17.1 Å². The Kier molecular flexibility index (Phi) is 3.98. The average molecular weight is 287 g/mol. The summed E-state index contributed by atoms with van der Waals surface area (Å²) in [5.41, 5.74) is 0.880. The van der Waals surface area contributed by atoms with Crippen molar-refractivity contribution < 1.29 is 4.79 Å². The Bertz CT molecular complexity index is 339. The third-order valence-corrected chi connectivity index (χ3v) is 4.80. The van der Waals surface area contributed by atoms with Crippen molar-refractivity contribution in [3.05, 3.63) is 20.8 Å². The fourth-order valence-corrected chi connectivity index (χ4v) is 3.57. The Balaban J connectivity index is 1.94. The highest BCUT2D eigenvalue weighted by atomic mass is 79.9. The van der Waals surface area contributed by atoms with Gasteiger partial charge in [0.05, 0.1) is 3.79 Å². The lowest BCUT2D eigenvalue weighted by molar-refractivity contribution is 0.0950. The van der Waals surface area contributed by atoms with Crippen LogP contribution in [0.25, 0.3) is 0 Å². The minimum absolute atomic E-state index is 0.315. The zero-order valence-electron chi connectivity index (χ0n) is 8.67. The molecular weight excluding hydrogens is 272 g/mol. The molecule has 1 aromatic rings. The maximum atomic E-state index is 12.0. The Morgan fingerprint density at radius 2 is 2.13 bits per heavy atom. The zero-order valence-corrected chi connectivity index (χ0v) is 11.1. The van der Waals surface area contributed by atoms with Crippen LogP contribution in [0.15, 0.2) is 15.2 Å².